The summed E-state index contributed by atoms with van der Waals surface area (Å²) in [6.07, 6.45) is 0.538. The van der Waals surface area contributed by atoms with Crippen molar-refractivity contribution >= 4 is 23.7 Å². The lowest BCUT2D eigenvalue weighted by Crippen LogP contribution is -2.06. The van der Waals surface area contributed by atoms with Gasteiger partial charge in [0, 0.05) is 5.56 Å². The second-order valence-corrected chi connectivity index (χ2v) is 3.16. The maximum atomic E-state index is 11.5. The maximum absolute atomic E-state index is 11.5. The Bertz CT molecular complexity index is 477. The standard InChI is InChI=1S/C11H8ClNO3/c1-16-11-8(10(15)4-12)3-2-7(6-14)9(11)5-13/h2-3,6H,4H2,1H3. The lowest BCUT2D eigenvalue weighted by Gasteiger charge is -2.09. The predicted molar refractivity (Wildman–Crippen MR) is 58.1 cm³/mol. The molecule has 0 N–H and O–H groups in total. The van der Waals surface area contributed by atoms with Gasteiger partial charge in [-0.1, -0.05) is 0 Å². The molecular formula is C11H8ClNO3. The van der Waals surface area contributed by atoms with Gasteiger partial charge in [-0.15, -0.1) is 11.6 Å². The number of ketones is 1. The number of hydrogen-bond donors (Lipinski definition) is 0. The zero-order valence-electron chi connectivity index (χ0n) is 8.49. The molecule has 0 aliphatic rings. The third-order valence-electron chi connectivity index (χ3n) is 2.05. The van der Waals surface area contributed by atoms with Crippen molar-refractivity contribution in [3.63, 3.8) is 0 Å². The number of carbonyl (C=O) groups is 2. The van der Waals surface area contributed by atoms with Crippen LogP contribution in [-0.2, 0) is 0 Å². The van der Waals surface area contributed by atoms with Crippen LogP contribution in [0.15, 0.2) is 12.1 Å². The minimum Gasteiger partial charge on any atom is -0.495 e. The quantitative estimate of drug-likeness (QED) is 0.455. The number of alkyl halides is 1. The minimum absolute atomic E-state index is 0.0495. The second-order valence-electron chi connectivity index (χ2n) is 2.90. The predicted octanol–water partition coefficient (Wildman–Crippen LogP) is 1.80. The van der Waals surface area contributed by atoms with E-state index in [0.717, 1.165) is 0 Å². The molecule has 1 aromatic rings. The molecular weight excluding hydrogens is 230 g/mol. The first kappa shape index (κ1) is 12.2. The molecule has 0 aliphatic heterocycles. The number of benzene rings is 1. The number of rotatable bonds is 4. The molecule has 4 nitrogen and oxygen atoms in total. The van der Waals surface area contributed by atoms with Crippen molar-refractivity contribution in [2.75, 3.05) is 13.0 Å². The third kappa shape index (κ3) is 2.05. The Morgan fingerprint density at radius 3 is 2.75 bits per heavy atom. The number of Topliss-reactive ketones (excluding diaryl/α,β-unsaturated/α-hetero) is 1. The Labute approximate surface area is 97.4 Å². The number of carbonyl (C=O) groups excluding carboxylic acids is 2. The van der Waals surface area contributed by atoms with E-state index in [1.807, 2.05) is 6.07 Å². The summed E-state index contributed by atoms with van der Waals surface area (Å²) in [6, 6.07) is 4.66. The van der Waals surface area contributed by atoms with Crippen LogP contribution in [0.5, 0.6) is 5.75 Å². The van der Waals surface area contributed by atoms with Crippen LogP contribution >= 0.6 is 11.6 Å². The normalized spacial score (nSPS) is 9.31. The minimum atomic E-state index is -0.354. The maximum Gasteiger partial charge on any atom is 0.181 e. The highest BCUT2D eigenvalue weighted by atomic mass is 35.5. The second kappa shape index (κ2) is 5.29. The van der Waals surface area contributed by atoms with E-state index >= 15 is 0 Å². The highest BCUT2D eigenvalue weighted by Gasteiger charge is 2.17. The van der Waals surface area contributed by atoms with E-state index in [1.54, 1.807) is 0 Å². The summed E-state index contributed by atoms with van der Waals surface area (Å²) in [5, 5.41) is 8.91. The molecule has 0 spiro atoms. The van der Waals surface area contributed by atoms with Crippen molar-refractivity contribution in [2.24, 2.45) is 0 Å². The fourth-order valence-corrected chi connectivity index (χ4v) is 1.46. The molecule has 16 heavy (non-hydrogen) atoms. The molecule has 0 unspecified atom stereocenters. The van der Waals surface area contributed by atoms with E-state index in [2.05, 4.69) is 0 Å². The zero-order valence-corrected chi connectivity index (χ0v) is 9.25. The van der Waals surface area contributed by atoms with E-state index < -0.39 is 0 Å². The van der Waals surface area contributed by atoms with Crippen molar-refractivity contribution in [3.8, 4) is 11.8 Å². The zero-order chi connectivity index (χ0) is 12.1. The average Bonchev–Trinajstić information content (AvgIpc) is 2.35. The number of nitrogens with zero attached hydrogens (tertiary/aromatic N) is 1. The smallest absolute Gasteiger partial charge is 0.181 e. The number of nitriles is 1. The largest absolute Gasteiger partial charge is 0.495 e. The molecule has 0 heterocycles. The van der Waals surface area contributed by atoms with Gasteiger partial charge in [0.15, 0.2) is 12.1 Å². The van der Waals surface area contributed by atoms with E-state index in [4.69, 9.17) is 21.6 Å². The molecule has 0 fully saturated rings. The molecule has 0 saturated heterocycles. The first-order valence-corrected chi connectivity index (χ1v) is 4.88. The Morgan fingerprint density at radius 1 is 1.62 bits per heavy atom. The van der Waals surface area contributed by atoms with Crippen LogP contribution in [-0.4, -0.2) is 25.1 Å². The van der Waals surface area contributed by atoms with Crippen LogP contribution in [0.1, 0.15) is 26.3 Å². The van der Waals surface area contributed by atoms with Crippen molar-refractivity contribution in [1.82, 2.24) is 0 Å². The molecule has 0 aliphatic carbocycles. The summed E-state index contributed by atoms with van der Waals surface area (Å²) >= 11 is 5.43. The summed E-state index contributed by atoms with van der Waals surface area (Å²) in [7, 11) is 1.33. The van der Waals surface area contributed by atoms with Crippen LogP contribution in [0, 0.1) is 11.3 Å². The van der Waals surface area contributed by atoms with Crippen LogP contribution in [0.3, 0.4) is 0 Å². The van der Waals surface area contributed by atoms with Gasteiger partial charge in [0.2, 0.25) is 0 Å². The highest BCUT2D eigenvalue weighted by molar-refractivity contribution is 6.30. The topological polar surface area (TPSA) is 67.2 Å². The van der Waals surface area contributed by atoms with Gasteiger partial charge < -0.3 is 4.74 Å². The van der Waals surface area contributed by atoms with Gasteiger partial charge >= 0.3 is 0 Å². The van der Waals surface area contributed by atoms with Gasteiger partial charge in [-0.2, -0.15) is 5.26 Å². The number of hydrogen-bond acceptors (Lipinski definition) is 4. The van der Waals surface area contributed by atoms with E-state index in [1.165, 1.54) is 19.2 Å². The summed E-state index contributed by atoms with van der Waals surface area (Å²) in [4.78, 5) is 22.1. The number of halogens is 1. The molecule has 1 aromatic carbocycles. The van der Waals surface area contributed by atoms with Crippen molar-refractivity contribution in [3.05, 3.63) is 28.8 Å². The Kier molecular flexibility index (Phi) is 4.03. The van der Waals surface area contributed by atoms with Crippen molar-refractivity contribution < 1.29 is 14.3 Å². The van der Waals surface area contributed by atoms with Gasteiger partial charge in [-0.25, -0.2) is 0 Å². The number of ether oxygens (including phenoxy) is 1. The SMILES string of the molecule is COc1c(C(=O)CCl)ccc(C=O)c1C#N. The van der Waals surface area contributed by atoms with E-state index in [0.29, 0.717) is 6.29 Å². The monoisotopic (exact) mass is 237 g/mol. The lowest BCUT2D eigenvalue weighted by atomic mass is 10.0. The van der Waals surface area contributed by atoms with Crippen LogP contribution in [0.25, 0.3) is 0 Å². The fourth-order valence-electron chi connectivity index (χ4n) is 1.32. The third-order valence-corrected chi connectivity index (χ3v) is 2.30. The molecule has 0 amide bonds. The van der Waals surface area contributed by atoms with E-state index in [-0.39, 0.29) is 34.1 Å². The Morgan fingerprint density at radius 2 is 2.31 bits per heavy atom. The highest BCUT2D eigenvalue weighted by Crippen LogP contribution is 2.26. The molecule has 1 rings (SSSR count). The molecule has 0 aromatic heterocycles. The number of aldehydes is 1. The van der Waals surface area contributed by atoms with Crippen LogP contribution in [0.4, 0.5) is 0 Å². The molecule has 0 saturated carbocycles. The summed E-state index contributed by atoms with van der Waals surface area (Å²) in [5.74, 6) is -0.466. The van der Waals surface area contributed by atoms with Gasteiger partial charge in [0.05, 0.1) is 18.6 Å². The van der Waals surface area contributed by atoms with Gasteiger partial charge in [-0.05, 0) is 12.1 Å². The summed E-state index contributed by atoms with van der Waals surface area (Å²) < 4.78 is 4.97. The van der Waals surface area contributed by atoms with Crippen molar-refractivity contribution in [2.45, 2.75) is 0 Å². The Balaban J connectivity index is 3.50. The fraction of sp³-hybridized carbons (Fsp3) is 0.182. The van der Waals surface area contributed by atoms with Crippen molar-refractivity contribution in [1.29, 1.82) is 5.26 Å². The first-order chi connectivity index (χ1) is 7.69. The molecule has 0 atom stereocenters. The molecule has 0 bridgehead atoms. The molecule has 5 heteroatoms. The summed E-state index contributed by atoms with van der Waals surface area (Å²) in [5.41, 5.74) is 0.443. The average molecular weight is 238 g/mol. The summed E-state index contributed by atoms with van der Waals surface area (Å²) in [6.45, 7) is 0. The number of methoxy groups -OCH3 is 1. The van der Waals surface area contributed by atoms with Crippen LogP contribution in [0.2, 0.25) is 0 Å². The van der Waals surface area contributed by atoms with Crippen LogP contribution < -0.4 is 4.74 Å². The van der Waals surface area contributed by atoms with Gasteiger partial charge in [0.1, 0.15) is 17.4 Å². The Hall–Kier alpha value is -1.86. The lowest BCUT2D eigenvalue weighted by molar-refractivity contribution is 0.101. The molecule has 82 valence electrons. The molecule has 0 radical (unpaired) electrons. The van der Waals surface area contributed by atoms with Gasteiger partial charge in [-0.3, -0.25) is 9.59 Å². The van der Waals surface area contributed by atoms with Gasteiger partial charge in [0.25, 0.3) is 0 Å². The van der Waals surface area contributed by atoms with E-state index in [9.17, 15) is 9.59 Å². The first-order valence-electron chi connectivity index (χ1n) is 4.35.